The molecule has 1 aromatic carbocycles. The normalized spacial score (nSPS) is 20.9. The van der Waals surface area contributed by atoms with Crippen LogP contribution in [0.5, 0.6) is 5.75 Å². The van der Waals surface area contributed by atoms with Crippen LogP contribution in [0.1, 0.15) is 47.6 Å². The number of rotatable bonds is 3. The maximum atomic E-state index is 10.2. The number of hydrogen-bond donors (Lipinski definition) is 2. The molecule has 104 valence electrons. The first-order chi connectivity index (χ1) is 9.66. The summed E-state index contributed by atoms with van der Waals surface area (Å²) < 4.78 is 0. The van der Waals surface area contributed by atoms with Crippen LogP contribution < -0.4 is 5.32 Å². The lowest BCUT2D eigenvalue weighted by molar-refractivity contribution is 0.445. The van der Waals surface area contributed by atoms with Crippen LogP contribution in [0, 0.1) is 6.92 Å². The summed E-state index contributed by atoms with van der Waals surface area (Å²) in [6.07, 6.45) is 4.70. The van der Waals surface area contributed by atoms with Gasteiger partial charge >= 0.3 is 0 Å². The third-order valence-electron chi connectivity index (χ3n) is 4.19. The molecule has 0 aliphatic heterocycles. The molecule has 1 aromatic heterocycles. The number of aromatic hydroxyl groups is 1. The van der Waals surface area contributed by atoms with Crippen LogP contribution in [-0.4, -0.2) is 10.1 Å². The van der Waals surface area contributed by atoms with Gasteiger partial charge in [0, 0.05) is 30.5 Å². The number of phenols is 1. The minimum Gasteiger partial charge on any atom is -0.508 e. The monoisotopic (exact) mass is 268 g/mol. The van der Waals surface area contributed by atoms with Crippen molar-refractivity contribution in [2.45, 2.75) is 38.8 Å². The number of hydrogen-bond acceptors (Lipinski definition) is 3. The molecule has 0 fully saturated rings. The Morgan fingerprint density at radius 1 is 1.30 bits per heavy atom. The standard InChI is InChI=1S/C17H20N2O/c1-11-5-6-15(20)17-14(8-12(2)16(11)17)19-10-13-4-3-7-18-9-13/h3-7,9,12,14,19-20H,8,10H2,1-2H3. The molecule has 1 heterocycles. The van der Waals surface area contributed by atoms with Crippen molar-refractivity contribution in [2.24, 2.45) is 0 Å². The minimum atomic E-state index is 0.222. The summed E-state index contributed by atoms with van der Waals surface area (Å²) in [6.45, 7) is 5.13. The number of aryl methyl sites for hydroxylation is 1. The van der Waals surface area contributed by atoms with Gasteiger partial charge < -0.3 is 10.4 Å². The summed E-state index contributed by atoms with van der Waals surface area (Å²) in [5.74, 6) is 0.905. The quantitative estimate of drug-likeness (QED) is 0.896. The molecule has 0 saturated carbocycles. The molecule has 3 rings (SSSR count). The maximum Gasteiger partial charge on any atom is 0.120 e. The molecule has 0 saturated heterocycles. The average Bonchev–Trinajstić information content (AvgIpc) is 2.80. The molecule has 1 aliphatic rings. The van der Waals surface area contributed by atoms with Crippen LogP contribution in [0.2, 0.25) is 0 Å². The molecule has 2 unspecified atom stereocenters. The molecule has 1 aliphatic carbocycles. The summed E-state index contributed by atoms with van der Waals surface area (Å²) in [6, 6.07) is 8.05. The van der Waals surface area contributed by atoms with Crippen molar-refractivity contribution in [1.29, 1.82) is 0 Å². The first-order valence-corrected chi connectivity index (χ1v) is 7.11. The molecule has 0 bridgehead atoms. The lowest BCUT2D eigenvalue weighted by Crippen LogP contribution is -2.19. The third-order valence-corrected chi connectivity index (χ3v) is 4.19. The highest BCUT2D eigenvalue weighted by molar-refractivity contribution is 5.50. The summed E-state index contributed by atoms with van der Waals surface area (Å²) in [5, 5.41) is 13.7. The zero-order valence-electron chi connectivity index (χ0n) is 11.9. The Morgan fingerprint density at radius 3 is 2.90 bits per heavy atom. The van der Waals surface area contributed by atoms with E-state index in [2.05, 4.69) is 30.2 Å². The lowest BCUT2D eigenvalue weighted by Gasteiger charge is -2.15. The van der Waals surface area contributed by atoms with Crippen molar-refractivity contribution in [3.63, 3.8) is 0 Å². The smallest absolute Gasteiger partial charge is 0.120 e. The molecular formula is C17H20N2O. The molecule has 0 spiro atoms. The Bertz CT molecular complexity index is 610. The molecule has 20 heavy (non-hydrogen) atoms. The SMILES string of the molecule is Cc1ccc(O)c2c1C(C)CC2NCc1cccnc1. The van der Waals surface area contributed by atoms with Gasteiger partial charge in [-0.3, -0.25) is 4.98 Å². The van der Waals surface area contributed by atoms with Crippen LogP contribution in [-0.2, 0) is 6.54 Å². The summed E-state index contributed by atoms with van der Waals surface area (Å²) in [7, 11) is 0. The second-order valence-electron chi connectivity index (χ2n) is 5.66. The van der Waals surface area contributed by atoms with E-state index < -0.39 is 0 Å². The molecule has 0 amide bonds. The van der Waals surface area contributed by atoms with Gasteiger partial charge in [-0.1, -0.05) is 19.1 Å². The highest BCUT2D eigenvalue weighted by Gasteiger charge is 2.31. The van der Waals surface area contributed by atoms with Gasteiger partial charge in [-0.2, -0.15) is 0 Å². The van der Waals surface area contributed by atoms with Gasteiger partial charge in [0.1, 0.15) is 5.75 Å². The van der Waals surface area contributed by atoms with E-state index in [9.17, 15) is 5.11 Å². The zero-order valence-corrected chi connectivity index (χ0v) is 11.9. The van der Waals surface area contributed by atoms with E-state index in [1.807, 2.05) is 24.4 Å². The third kappa shape index (κ3) is 2.29. The van der Waals surface area contributed by atoms with Crippen molar-refractivity contribution >= 4 is 0 Å². The van der Waals surface area contributed by atoms with Crippen LogP contribution in [0.15, 0.2) is 36.7 Å². The summed E-state index contributed by atoms with van der Waals surface area (Å²) >= 11 is 0. The Kier molecular flexibility index (Phi) is 3.45. The van der Waals surface area contributed by atoms with Crippen molar-refractivity contribution in [2.75, 3.05) is 0 Å². The molecule has 2 atom stereocenters. The van der Waals surface area contributed by atoms with Crippen molar-refractivity contribution in [1.82, 2.24) is 10.3 Å². The first-order valence-electron chi connectivity index (χ1n) is 7.11. The van der Waals surface area contributed by atoms with Gasteiger partial charge in [0.25, 0.3) is 0 Å². The van der Waals surface area contributed by atoms with E-state index >= 15 is 0 Å². The molecule has 3 nitrogen and oxygen atoms in total. The number of fused-ring (bicyclic) bond motifs is 1. The highest BCUT2D eigenvalue weighted by atomic mass is 16.3. The van der Waals surface area contributed by atoms with Crippen LogP contribution in [0.4, 0.5) is 0 Å². The second kappa shape index (κ2) is 5.25. The Balaban J connectivity index is 1.83. The number of nitrogens with zero attached hydrogens (tertiary/aromatic N) is 1. The predicted octanol–water partition coefficient (Wildman–Crippen LogP) is 3.43. The largest absolute Gasteiger partial charge is 0.508 e. The number of pyridine rings is 1. The van der Waals surface area contributed by atoms with Crippen molar-refractivity contribution < 1.29 is 5.11 Å². The van der Waals surface area contributed by atoms with Crippen molar-refractivity contribution in [3.05, 3.63) is 58.9 Å². The predicted molar refractivity (Wildman–Crippen MR) is 79.7 cm³/mol. The van der Waals surface area contributed by atoms with Gasteiger partial charge in [-0.25, -0.2) is 0 Å². The van der Waals surface area contributed by atoms with Crippen LogP contribution in [0.3, 0.4) is 0 Å². The Hall–Kier alpha value is -1.87. The van der Waals surface area contributed by atoms with E-state index in [0.29, 0.717) is 11.7 Å². The minimum absolute atomic E-state index is 0.222. The molecule has 2 aromatic rings. The van der Waals surface area contributed by atoms with E-state index in [-0.39, 0.29) is 6.04 Å². The van der Waals surface area contributed by atoms with Gasteiger partial charge in [0.2, 0.25) is 0 Å². The van der Waals surface area contributed by atoms with Gasteiger partial charge in [-0.05, 0) is 48.1 Å². The topological polar surface area (TPSA) is 45.1 Å². The molecule has 3 heteroatoms. The lowest BCUT2D eigenvalue weighted by atomic mass is 9.97. The van der Waals surface area contributed by atoms with Gasteiger partial charge in [0.05, 0.1) is 0 Å². The number of phenolic OH excluding ortho intramolecular Hbond substituents is 1. The van der Waals surface area contributed by atoms with Crippen LogP contribution >= 0.6 is 0 Å². The van der Waals surface area contributed by atoms with E-state index in [1.165, 1.54) is 16.7 Å². The van der Waals surface area contributed by atoms with E-state index in [0.717, 1.165) is 18.5 Å². The number of aromatic nitrogens is 1. The summed E-state index contributed by atoms with van der Waals surface area (Å²) in [4.78, 5) is 4.13. The van der Waals surface area contributed by atoms with E-state index in [1.54, 1.807) is 6.20 Å². The fraction of sp³-hybridized carbons (Fsp3) is 0.353. The maximum absolute atomic E-state index is 10.2. The molecule has 2 N–H and O–H groups in total. The fourth-order valence-electron chi connectivity index (χ4n) is 3.27. The molecule has 0 radical (unpaired) electrons. The highest BCUT2D eigenvalue weighted by Crippen LogP contribution is 2.45. The number of nitrogens with one attached hydrogen (secondary N) is 1. The average molecular weight is 268 g/mol. The Labute approximate surface area is 119 Å². The Morgan fingerprint density at radius 2 is 2.15 bits per heavy atom. The van der Waals surface area contributed by atoms with Gasteiger partial charge in [-0.15, -0.1) is 0 Å². The zero-order chi connectivity index (χ0) is 14.1. The van der Waals surface area contributed by atoms with Gasteiger partial charge in [0.15, 0.2) is 0 Å². The second-order valence-corrected chi connectivity index (χ2v) is 5.66. The fourth-order valence-corrected chi connectivity index (χ4v) is 3.27. The molecular weight excluding hydrogens is 248 g/mol. The van der Waals surface area contributed by atoms with E-state index in [4.69, 9.17) is 0 Å². The van der Waals surface area contributed by atoms with Crippen molar-refractivity contribution in [3.8, 4) is 5.75 Å². The first kappa shape index (κ1) is 13.1. The number of benzene rings is 1. The summed E-state index contributed by atoms with van der Waals surface area (Å²) in [5.41, 5.74) is 4.84. The van der Waals surface area contributed by atoms with Crippen LogP contribution in [0.25, 0.3) is 0 Å².